The number of rotatable bonds is 3. The summed E-state index contributed by atoms with van der Waals surface area (Å²) < 4.78 is 0. The molecule has 0 spiro atoms. The Bertz CT molecular complexity index is 256. The molecule has 0 aromatic rings. The molecule has 0 aromatic heterocycles. The topological polar surface area (TPSA) is 3.24 Å². The highest BCUT2D eigenvalue weighted by molar-refractivity contribution is 7.80. The summed E-state index contributed by atoms with van der Waals surface area (Å²) in [5, 5.41) is 0. The summed E-state index contributed by atoms with van der Waals surface area (Å²) in [5.74, 6) is 1.09. The van der Waals surface area contributed by atoms with E-state index in [0.717, 1.165) is 5.75 Å². The Morgan fingerprint density at radius 3 is 2.28 bits per heavy atom. The fourth-order valence-electron chi connectivity index (χ4n) is 3.78. The first-order valence-electron chi connectivity index (χ1n) is 7.89. The molecule has 1 saturated heterocycles. The van der Waals surface area contributed by atoms with Gasteiger partial charge in [0, 0.05) is 6.54 Å². The Morgan fingerprint density at radius 2 is 1.61 bits per heavy atom. The molecule has 18 heavy (non-hydrogen) atoms. The SMILES string of the molecule is CC1(C)CCCN(CC2(CS)CCCCC2)CC1. The van der Waals surface area contributed by atoms with Crippen molar-refractivity contribution in [2.75, 3.05) is 25.4 Å². The number of nitrogens with zero attached hydrogens (tertiary/aromatic N) is 1. The average molecular weight is 269 g/mol. The van der Waals surface area contributed by atoms with Crippen molar-refractivity contribution in [2.45, 2.75) is 65.2 Å². The third-order valence-electron chi connectivity index (χ3n) is 5.24. The number of hydrogen-bond acceptors (Lipinski definition) is 2. The van der Waals surface area contributed by atoms with Gasteiger partial charge >= 0.3 is 0 Å². The van der Waals surface area contributed by atoms with Gasteiger partial charge in [-0.25, -0.2) is 0 Å². The standard InChI is InChI=1S/C16H31NS/c1-15(2)7-6-11-17(12-10-15)13-16(14-18)8-4-3-5-9-16/h18H,3-14H2,1-2H3. The largest absolute Gasteiger partial charge is 0.303 e. The van der Waals surface area contributed by atoms with E-state index in [9.17, 15) is 0 Å². The van der Waals surface area contributed by atoms with Crippen LogP contribution in [0.25, 0.3) is 0 Å². The quantitative estimate of drug-likeness (QED) is 0.744. The molecule has 0 N–H and O–H groups in total. The van der Waals surface area contributed by atoms with E-state index in [4.69, 9.17) is 0 Å². The van der Waals surface area contributed by atoms with Crippen LogP contribution in [-0.4, -0.2) is 30.3 Å². The normalized spacial score (nSPS) is 28.8. The van der Waals surface area contributed by atoms with Gasteiger partial charge < -0.3 is 4.90 Å². The highest BCUT2D eigenvalue weighted by atomic mass is 32.1. The van der Waals surface area contributed by atoms with E-state index in [1.54, 1.807) is 0 Å². The van der Waals surface area contributed by atoms with Crippen LogP contribution in [0, 0.1) is 10.8 Å². The van der Waals surface area contributed by atoms with Gasteiger partial charge in [-0.1, -0.05) is 33.1 Å². The van der Waals surface area contributed by atoms with Gasteiger partial charge in [0.1, 0.15) is 0 Å². The van der Waals surface area contributed by atoms with Gasteiger partial charge in [-0.15, -0.1) is 0 Å². The Morgan fingerprint density at radius 1 is 0.889 bits per heavy atom. The molecular weight excluding hydrogens is 238 g/mol. The minimum absolute atomic E-state index is 0.538. The predicted molar refractivity (Wildman–Crippen MR) is 83.4 cm³/mol. The second-order valence-corrected chi connectivity index (χ2v) is 7.83. The lowest BCUT2D eigenvalue weighted by atomic mass is 9.75. The van der Waals surface area contributed by atoms with Gasteiger partial charge in [-0.2, -0.15) is 12.6 Å². The lowest BCUT2D eigenvalue weighted by molar-refractivity contribution is 0.126. The van der Waals surface area contributed by atoms with Crippen LogP contribution in [0.3, 0.4) is 0 Å². The zero-order valence-electron chi connectivity index (χ0n) is 12.4. The number of likely N-dealkylation sites (tertiary alicyclic amines) is 1. The Balaban J connectivity index is 1.91. The van der Waals surface area contributed by atoms with Crippen LogP contribution >= 0.6 is 12.6 Å². The molecule has 0 atom stereocenters. The Labute approximate surface area is 119 Å². The minimum Gasteiger partial charge on any atom is -0.303 e. The maximum atomic E-state index is 4.68. The molecule has 0 bridgehead atoms. The number of thiol groups is 1. The molecule has 1 aliphatic heterocycles. The van der Waals surface area contributed by atoms with Crippen molar-refractivity contribution in [1.82, 2.24) is 4.90 Å². The van der Waals surface area contributed by atoms with Gasteiger partial charge in [0.2, 0.25) is 0 Å². The molecule has 1 nitrogen and oxygen atoms in total. The van der Waals surface area contributed by atoms with Crippen molar-refractivity contribution < 1.29 is 0 Å². The van der Waals surface area contributed by atoms with Crippen LogP contribution in [0.5, 0.6) is 0 Å². The first-order chi connectivity index (χ1) is 8.55. The van der Waals surface area contributed by atoms with Gasteiger partial charge in [0.05, 0.1) is 0 Å². The summed E-state index contributed by atoms with van der Waals surface area (Å²) in [7, 11) is 0. The summed E-state index contributed by atoms with van der Waals surface area (Å²) in [6.07, 6.45) is 11.3. The first-order valence-corrected chi connectivity index (χ1v) is 8.52. The molecule has 1 heterocycles. The molecule has 0 amide bonds. The Kier molecular flexibility index (Phi) is 5.05. The summed E-state index contributed by atoms with van der Waals surface area (Å²) in [4.78, 5) is 2.75. The predicted octanol–water partition coefficient (Wildman–Crippen LogP) is 4.38. The van der Waals surface area contributed by atoms with E-state index >= 15 is 0 Å². The summed E-state index contributed by atoms with van der Waals surface area (Å²) >= 11 is 4.68. The van der Waals surface area contributed by atoms with Gasteiger partial charge in [0.25, 0.3) is 0 Å². The molecule has 1 aliphatic carbocycles. The van der Waals surface area contributed by atoms with Crippen molar-refractivity contribution >= 4 is 12.6 Å². The van der Waals surface area contributed by atoms with E-state index < -0.39 is 0 Å². The van der Waals surface area contributed by atoms with Gasteiger partial charge in [-0.05, 0) is 61.8 Å². The number of hydrogen-bond donors (Lipinski definition) is 1. The zero-order valence-corrected chi connectivity index (χ0v) is 13.3. The minimum atomic E-state index is 0.538. The lowest BCUT2D eigenvalue weighted by Crippen LogP contribution is -2.41. The third-order valence-corrected chi connectivity index (χ3v) is 5.91. The molecule has 1 saturated carbocycles. The Hall–Kier alpha value is 0.310. The zero-order chi connectivity index (χ0) is 13.1. The second kappa shape index (κ2) is 6.17. The van der Waals surface area contributed by atoms with E-state index in [0.29, 0.717) is 10.8 Å². The van der Waals surface area contributed by atoms with E-state index in [1.807, 2.05) is 0 Å². The monoisotopic (exact) mass is 269 g/mol. The second-order valence-electron chi connectivity index (χ2n) is 7.51. The summed E-state index contributed by atoms with van der Waals surface area (Å²) in [6.45, 7) is 8.81. The van der Waals surface area contributed by atoms with Crippen LogP contribution in [0.15, 0.2) is 0 Å². The highest BCUT2D eigenvalue weighted by Crippen LogP contribution is 2.39. The molecule has 106 valence electrons. The fraction of sp³-hybridized carbons (Fsp3) is 1.00. The van der Waals surface area contributed by atoms with Crippen LogP contribution < -0.4 is 0 Å². The maximum absolute atomic E-state index is 4.68. The molecule has 2 heteroatoms. The fourth-order valence-corrected chi connectivity index (χ4v) is 4.20. The van der Waals surface area contributed by atoms with Crippen LogP contribution in [0.4, 0.5) is 0 Å². The van der Waals surface area contributed by atoms with Crippen LogP contribution in [-0.2, 0) is 0 Å². The van der Waals surface area contributed by atoms with Crippen molar-refractivity contribution in [3.05, 3.63) is 0 Å². The highest BCUT2D eigenvalue weighted by Gasteiger charge is 2.33. The van der Waals surface area contributed by atoms with Crippen LogP contribution in [0.2, 0.25) is 0 Å². The molecule has 0 aromatic carbocycles. The van der Waals surface area contributed by atoms with Crippen molar-refractivity contribution in [1.29, 1.82) is 0 Å². The first kappa shape index (κ1) is 14.7. The molecule has 0 radical (unpaired) electrons. The molecule has 2 rings (SSSR count). The summed E-state index contributed by atoms with van der Waals surface area (Å²) in [6, 6.07) is 0. The smallest absolute Gasteiger partial charge is 0.00458 e. The van der Waals surface area contributed by atoms with Crippen molar-refractivity contribution in [2.24, 2.45) is 10.8 Å². The molecule has 0 unspecified atom stereocenters. The average Bonchev–Trinajstić information content (AvgIpc) is 2.52. The molecule has 2 fully saturated rings. The molecular formula is C16H31NS. The van der Waals surface area contributed by atoms with Crippen molar-refractivity contribution in [3.63, 3.8) is 0 Å². The summed E-state index contributed by atoms with van der Waals surface area (Å²) in [5.41, 5.74) is 1.10. The molecule has 2 aliphatic rings. The van der Waals surface area contributed by atoms with Crippen LogP contribution in [0.1, 0.15) is 65.2 Å². The van der Waals surface area contributed by atoms with E-state index in [1.165, 1.54) is 71.0 Å². The maximum Gasteiger partial charge on any atom is 0.00458 e. The van der Waals surface area contributed by atoms with Crippen molar-refractivity contribution in [3.8, 4) is 0 Å². The van der Waals surface area contributed by atoms with E-state index in [2.05, 4.69) is 31.4 Å². The third kappa shape index (κ3) is 3.90. The van der Waals surface area contributed by atoms with E-state index in [-0.39, 0.29) is 0 Å². The lowest BCUT2D eigenvalue weighted by Gasteiger charge is -2.40. The van der Waals surface area contributed by atoms with Gasteiger partial charge in [-0.3, -0.25) is 0 Å². The van der Waals surface area contributed by atoms with Gasteiger partial charge in [0.15, 0.2) is 0 Å².